The van der Waals surface area contributed by atoms with Crippen LogP contribution >= 0.6 is 0 Å². The second-order valence-electron chi connectivity index (χ2n) is 4.88. The standard InChI is InChI=1S/C15H23NO2/c1-2-12-3-5-13(6-4-12)15(11-17)16-14-7-9-18-10-8-14/h3-6,14-17H,2,7-11H2,1H3. The van der Waals surface area contributed by atoms with E-state index >= 15 is 0 Å². The molecule has 1 saturated heterocycles. The summed E-state index contributed by atoms with van der Waals surface area (Å²) in [6.45, 7) is 3.94. The third-order valence-electron chi connectivity index (χ3n) is 3.63. The van der Waals surface area contributed by atoms with Crippen LogP contribution in [0.3, 0.4) is 0 Å². The first kappa shape index (κ1) is 13.5. The number of aryl methyl sites for hydroxylation is 1. The molecule has 1 aromatic rings. The van der Waals surface area contributed by atoms with Crippen molar-refractivity contribution in [1.82, 2.24) is 5.32 Å². The monoisotopic (exact) mass is 249 g/mol. The van der Waals surface area contributed by atoms with E-state index in [4.69, 9.17) is 4.74 Å². The van der Waals surface area contributed by atoms with Gasteiger partial charge in [-0.25, -0.2) is 0 Å². The lowest BCUT2D eigenvalue weighted by molar-refractivity contribution is 0.0715. The van der Waals surface area contributed by atoms with Crippen LogP contribution in [-0.2, 0) is 11.2 Å². The van der Waals surface area contributed by atoms with Gasteiger partial charge in [0.1, 0.15) is 0 Å². The van der Waals surface area contributed by atoms with Crippen molar-refractivity contribution < 1.29 is 9.84 Å². The molecule has 100 valence electrons. The van der Waals surface area contributed by atoms with Crippen LogP contribution in [0.15, 0.2) is 24.3 Å². The first-order chi connectivity index (χ1) is 8.83. The number of benzene rings is 1. The lowest BCUT2D eigenvalue weighted by atomic mass is 10.0. The normalized spacial score (nSPS) is 18.8. The summed E-state index contributed by atoms with van der Waals surface area (Å²) in [5, 5.41) is 13.1. The minimum absolute atomic E-state index is 0.0407. The van der Waals surface area contributed by atoms with Crippen molar-refractivity contribution in [2.45, 2.75) is 38.3 Å². The second kappa shape index (κ2) is 6.88. The van der Waals surface area contributed by atoms with E-state index in [0.717, 1.165) is 32.5 Å². The lowest BCUT2D eigenvalue weighted by Gasteiger charge is -2.28. The molecule has 0 saturated carbocycles. The van der Waals surface area contributed by atoms with Crippen molar-refractivity contribution in [3.05, 3.63) is 35.4 Å². The van der Waals surface area contributed by atoms with Crippen molar-refractivity contribution in [2.24, 2.45) is 0 Å². The predicted octanol–water partition coefficient (Wildman–Crippen LogP) is 2.05. The average molecular weight is 249 g/mol. The molecule has 0 spiro atoms. The van der Waals surface area contributed by atoms with Crippen LogP contribution in [0, 0.1) is 0 Å². The highest BCUT2D eigenvalue weighted by molar-refractivity contribution is 5.25. The quantitative estimate of drug-likeness (QED) is 0.839. The van der Waals surface area contributed by atoms with Crippen molar-refractivity contribution >= 4 is 0 Å². The van der Waals surface area contributed by atoms with Crippen molar-refractivity contribution in [3.8, 4) is 0 Å². The Morgan fingerprint density at radius 3 is 2.50 bits per heavy atom. The van der Waals surface area contributed by atoms with E-state index in [0.29, 0.717) is 6.04 Å². The average Bonchev–Trinajstić information content (AvgIpc) is 2.46. The summed E-state index contributed by atoms with van der Waals surface area (Å²) in [4.78, 5) is 0. The first-order valence-corrected chi connectivity index (χ1v) is 6.87. The zero-order valence-corrected chi connectivity index (χ0v) is 11.1. The maximum Gasteiger partial charge on any atom is 0.0626 e. The van der Waals surface area contributed by atoms with E-state index in [1.807, 2.05) is 0 Å². The molecular weight excluding hydrogens is 226 g/mol. The van der Waals surface area contributed by atoms with Gasteiger partial charge in [-0.2, -0.15) is 0 Å². The Bertz CT molecular complexity index is 344. The summed E-state index contributed by atoms with van der Waals surface area (Å²) in [5.41, 5.74) is 2.50. The van der Waals surface area contributed by atoms with E-state index in [9.17, 15) is 5.11 Å². The Kier molecular flexibility index (Phi) is 5.17. The van der Waals surface area contributed by atoms with Crippen molar-refractivity contribution in [2.75, 3.05) is 19.8 Å². The molecule has 3 nitrogen and oxygen atoms in total. The third kappa shape index (κ3) is 3.55. The fourth-order valence-corrected chi connectivity index (χ4v) is 2.39. The molecule has 18 heavy (non-hydrogen) atoms. The fourth-order valence-electron chi connectivity index (χ4n) is 2.39. The molecule has 1 fully saturated rings. The minimum atomic E-state index is 0.0407. The molecule has 1 heterocycles. The Morgan fingerprint density at radius 2 is 1.94 bits per heavy atom. The zero-order chi connectivity index (χ0) is 12.8. The van der Waals surface area contributed by atoms with Gasteiger partial charge < -0.3 is 15.2 Å². The molecule has 1 aliphatic heterocycles. The molecule has 1 aliphatic rings. The molecule has 0 radical (unpaired) electrons. The molecule has 1 unspecified atom stereocenters. The smallest absolute Gasteiger partial charge is 0.0626 e. The van der Waals surface area contributed by atoms with Gasteiger partial charge in [-0.15, -0.1) is 0 Å². The van der Waals surface area contributed by atoms with E-state index in [-0.39, 0.29) is 12.6 Å². The number of hydrogen-bond acceptors (Lipinski definition) is 3. The molecule has 2 N–H and O–H groups in total. The topological polar surface area (TPSA) is 41.5 Å². The SMILES string of the molecule is CCc1ccc(C(CO)NC2CCOCC2)cc1. The molecule has 0 aliphatic carbocycles. The van der Waals surface area contributed by atoms with Gasteiger partial charge in [-0.05, 0) is 30.4 Å². The summed E-state index contributed by atoms with van der Waals surface area (Å²) in [7, 11) is 0. The number of hydrogen-bond donors (Lipinski definition) is 2. The maximum atomic E-state index is 9.54. The molecule has 1 aromatic carbocycles. The largest absolute Gasteiger partial charge is 0.394 e. The Hall–Kier alpha value is -0.900. The highest BCUT2D eigenvalue weighted by Gasteiger charge is 2.18. The van der Waals surface area contributed by atoms with Gasteiger partial charge in [-0.3, -0.25) is 0 Å². The number of aliphatic hydroxyl groups is 1. The van der Waals surface area contributed by atoms with Crippen molar-refractivity contribution in [3.63, 3.8) is 0 Å². The van der Waals surface area contributed by atoms with E-state index in [1.54, 1.807) is 0 Å². The number of nitrogens with one attached hydrogen (secondary N) is 1. The van der Waals surface area contributed by atoms with Crippen LogP contribution in [0.5, 0.6) is 0 Å². The van der Waals surface area contributed by atoms with Crippen molar-refractivity contribution in [1.29, 1.82) is 0 Å². The van der Waals surface area contributed by atoms with Crippen LogP contribution < -0.4 is 5.32 Å². The summed E-state index contributed by atoms with van der Waals surface area (Å²) in [5.74, 6) is 0. The number of ether oxygens (including phenoxy) is 1. The lowest BCUT2D eigenvalue weighted by Crippen LogP contribution is -2.38. The zero-order valence-electron chi connectivity index (χ0n) is 11.1. The van der Waals surface area contributed by atoms with Crippen LogP contribution in [-0.4, -0.2) is 31.0 Å². The Labute approximate surface area is 109 Å². The molecule has 1 atom stereocenters. The molecule has 3 heteroatoms. The molecule has 0 bridgehead atoms. The number of aliphatic hydroxyl groups excluding tert-OH is 1. The highest BCUT2D eigenvalue weighted by Crippen LogP contribution is 2.17. The van der Waals surface area contributed by atoms with Crippen LogP contribution in [0.1, 0.15) is 36.9 Å². The fraction of sp³-hybridized carbons (Fsp3) is 0.600. The van der Waals surface area contributed by atoms with Gasteiger partial charge in [-0.1, -0.05) is 31.2 Å². The summed E-state index contributed by atoms with van der Waals surface area (Å²) >= 11 is 0. The van der Waals surface area contributed by atoms with Gasteiger partial charge in [0.2, 0.25) is 0 Å². The van der Waals surface area contributed by atoms with E-state index in [2.05, 4.69) is 36.5 Å². The Balaban J connectivity index is 1.97. The second-order valence-corrected chi connectivity index (χ2v) is 4.88. The summed E-state index contributed by atoms with van der Waals surface area (Å²) in [6.07, 6.45) is 3.12. The summed E-state index contributed by atoms with van der Waals surface area (Å²) < 4.78 is 5.35. The van der Waals surface area contributed by atoms with E-state index < -0.39 is 0 Å². The first-order valence-electron chi connectivity index (χ1n) is 6.87. The third-order valence-corrected chi connectivity index (χ3v) is 3.63. The van der Waals surface area contributed by atoms with Gasteiger partial charge >= 0.3 is 0 Å². The van der Waals surface area contributed by atoms with Gasteiger partial charge in [0.15, 0.2) is 0 Å². The molecule has 0 amide bonds. The Morgan fingerprint density at radius 1 is 1.28 bits per heavy atom. The van der Waals surface area contributed by atoms with Gasteiger partial charge in [0.05, 0.1) is 12.6 Å². The van der Waals surface area contributed by atoms with Crippen LogP contribution in [0.2, 0.25) is 0 Å². The van der Waals surface area contributed by atoms with Gasteiger partial charge in [0.25, 0.3) is 0 Å². The highest BCUT2D eigenvalue weighted by atomic mass is 16.5. The van der Waals surface area contributed by atoms with Crippen LogP contribution in [0.4, 0.5) is 0 Å². The molecule has 0 aromatic heterocycles. The molecule has 2 rings (SSSR count). The number of rotatable bonds is 5. The van der Waals surface area contributed by atoms with Gasteiger partial charge in [0, 0.05) is 19.3 Å². The van der Waals surface area contributed by atoms with E-state index in [1.165, 1.54) is 11.1 Å². The van der Waals surface area contributed by atoms with Crippen LogP contribution in [0.25, 0.3) is 0 Å². The molecular formula is C15H23NO2. The predicted molar refractivity (Wildman–Crippen MR) is 72.6 cm³/mol. The summed E-state index contributed by atoms with van der Waals surface area (Å²) in [6, 6.07) is 9.02. The minimum Gasteiger partial charge on any atom is -0.394 e. The maximum absolute atomic E-state index is 9.54.